The quantitative estimate of drug-likeness (QED) is 0.747. The molecule has 1 heterocycles. The van der Waals surface area contributed by atoms with E-state index in [1.54, 1.807) is 18.2 Å². The van der Waals surface area contributed by atoms with E-state index in [0.717, 1.165) is 24.1 Å². The molecule has 0 aliphatic heterocycles. The maximum absolute atomic E-state index is 12.5. The Hall–Kier alpha value is -2.41. The van der Waals surface area contributed by atoms with Gasteiger partial charge in [-0.15, -0.1) is 0 Å². The Kier molecular flexibility index (Phi) is 4.53. The first-order chi connectivity index (χ1) is 11.5. The van der Waals surface area contributed by atoms with Gasteiger partial charge in [-0.3, -0.25) is 14.4 Å². The third-order valence-corrected chi connectivity index (χ3v) is 4.83. The number of hydrogen-bond donors (Lipinski definition) is 3. The topological polar surface area (TPSA) is 105 Å². The van der Waals surface area contributed by atoms with E-state index in [4.69, 9.17) is 5.73 Å². The van der Waals surface area contributed by atoms with Crippen molar-refractivity contribution in [2.45, 2.75) is 25.3 Å². The lowest BCUT2D eigenvalue weighted by molar-refractivity contribution is 0.0931. The zero-order valence-electron chi connectivity index (χ0n) is 12.8. The standard InChI is InChI=1S/C17H16BrN3O3/c18-12-5-2-1-4-9(12)16(23)20-13-6-3-7-14-10(13)8-11(15(19)22)17(24)21-14/h1-2,4-5,8,13H,3,6-7H2,(H2,19,22)(H,20,23)(H,21,24). The minimum absolute atomic E-state index is 0.0872. The summed E-state index contributed by atoms with van der Waals surface area (Å²) in [5.74, 6) is -0.993. The van der Waals surface area contributed by atoms with Crippen LogP contribution in [-0.4, -0.2) is 16.8 Å². The minimum atomic E-state index is -0.777. The second-order valence-corrected chi connectivity index (χ2v) is 6.56. The number of carbonyl (C=O) groups is 2. The number of halogens is 1. The molecule has 0 saturated carbocycles. The zero-order valence-corrected chi connectivity index (χ0v) is 14.4. The van der Waals surface area contributed by atoms with Crippen LogP contribution in [0.2, 0.25) is 0 Å². The molecule has 0 spiro atoms. The summed E-state index contributed by atoms with van der Waals surface area (Å²) < 4.78 is 0.706. The molecule has 0 fully saturated rings. The number of hydrogen-bond acceptors (Lipinski definition) is 3. The Morgan fingerprint density at radius 3 is 2.71 bits per heavy atom. The van der Waals surface area contributed by atoms with Crippen molar-refractivity contribution in [2.24, 2.45) is 5.73 Å². The first-order valence-electron chi connectivity index (χ1n) is 7.58. The maximum atomic E-state index is 12.5. The van der Waals surface area contributed by atoms with Crippen LogP contribution in [-0.2, 0) is 6.42 Å². The molecule has 1 aromatic carbocycles. The van der Waals surface area contributed by atoms with Crippen LogP contribution in [0.25, 0.3) is 0 Å². The summed E-state index contributed by atoms with van der Waals surface area (Å²) in [6, 6.07) is 8.37. The predicted molar refractivity (Wildman–Crippen MR) is 92.9 cm³/mol. The highest BCUT2D eigenvalue weighted by atomic mass is 79.9. The molecule has 6 nitrogen and oxygen atoms in total. The van der Waals surface area contributed by atoms with Crippen molar-refractivity contribution >= 4 is 27.7 Å². The number of nitrogens with one attached hydrogen (secondary N) is 2. The number of H-pyrrole nitrogens is 1. The number of nitrogens with two attached hydrogens (primary N) is 1. The van der Waals surface area contributed by atoms with Crippen LogP contribution in [0.1, 0.15) is 50.9 Å². The van der Waals surface area contributed by atoms with Gasteiger partial charge in [0.2, 0.25) is 0 Å². The number of primary amides is 1. The Morgan fingerprint density at radius 2 is 2.00 bits per heavy atom. The van der Waals surface area contributed by atoms with Crippen molar-refractivity contribution in [1.29, 1.82) is 0 Å². The largest absolute Gasteiger partial charge is 0.365 e. The lowest BCUT2D eigenvalue weighted by atomic mass is 9.90. The van der Waals surface area contributed by atoms with Crippen LogP contribution in [0.4, 0.5) is 0 Å². The fourth-order valence-electron chi connectivity index (χ4n) is 2.96. The number of aryl methyl sites for hydroxylation is 1. The van der Waals surface area contributed by atoms with Gasteiger partial charge in [-0.1, -0.05) is 12.1 Å². The molecular weight excluding hydrogens is 374 g/mol. The van der Waals surface area contributed by atoms with E-state index >= 15 is 0 Å². The zero-order chi connectivity index (χ0) is 17.3. The normalized spacial score (nSPS) is 16.3. The Bertz CT molecular complexity index is 876. The molecule has 0 bridgehead atoms. The first kappa shape index (κ1) is 16.4. The number of aromatic nitrogens is 1. The molecule has 7 heteroatoms. The second kappa shape index (κ2) is 6.60. The predicted octanol–water partition coefficient (Wildman–Crippen LogP) is 2.04. The number of pyridine rings is 1. The number of amides is 2. The highest BCUT2D eigenvalue weighted by molar-refractivity contribution is 9.10. The molecule has 2 amide bonds. The summed E-state index contributed by atoms with van der Waals surface area (Å²) in [6.45, 7) is 0. The fourth-order valence-corrected chi connectivity index (χ4v) is 3.42. The lowest BCUT2D eigenvalue weighted by Gasteiger charge is -2.26. The molecule has 124 valence electrons. The molecule has 3 rings (SSSR count). The van der Waals surface area contributed by atoms with E-state index in [0.29, 0.717) is 16.5 Å². The van der Waals surface area contributed by atoms with Gasteiger partial charge >= 0.3 is 0 Å². The van der Waals surface area contributed by atoms with Gasteiger partial charge in [0.1, 0.15) is 5.56 Å². The third-order valence-electron chi connectivity index (χ3n) is 4.14. The molecule has 1 aromatic heterocycles. The van der Waals surface area contributed by atoms with Crippen LogP contribution in [0, 0.1) is 0 Å². The van der Waals surface area contributed by atoms with Crippen LogP contribution in [0.3, 0.4) is 0 Å². The van der Waals surface area contributed by atoms with Gasteiger partial charge in [0.05, 0.1) is 11.6 Å². The smallest absolute Gasteiger partial charge is 0.261 e. The van der Waals surface area contributed by atoms with E-state index in [2.05, 4.69) is 26.2 Å². The highest BCUT2D eigenvalue weighted by Gasteiger charge is 2.25. The third kappa shape index (κ3) is 3.12. The van der Waals surface area contributed by atoms with Gasteiger partial charge in [-0.2, -0.15) is 0 Å². The van der Waals surface area contributed by atoms with E-state index in [-0.39, 0.29) is 17.5 Å². The molecule has 1 aliphatic rings. The molecule has 4 N–H and O–H groups in total. The van der Waals surface area contributed by atoms with Gasteiger partial charge in [0, 0.05) is 10.2 Å². The number of carbonyl (C=O) groups excluding carboxylic acids is 2. The molecule has 2 aromatic rings. The fraction of sp³-hybridized carbons (Fsp3) is 0.235. The summed E-state index contributed by atoms with van der Waals surface area (Å²) >= 11 is 3.36. The first-order valence-corrected chi connectivity index (χ1v) is 8.38. The van der Waals surface area contributed by atoms with Crippen LogP contribution in [0.15, 0.2) is 39.6 Å². The summed E-state index contributed by atoms with van der Waals surface area (Å²) in [7, 11) is 0. The molecule has 1 unspecified atom stereocenters. The Labute approximate surface area is 146 Å². The van der Waals surface area contributed by atoms with Crippen LogP contribution < -0.4 is 16.6 Å². The minimum Gasteiger partial charge on any atom is -0.365 e. The van der Waals surface area contributed by atoms with Crippen molar-refractivity contribution in [3.63, 3.8) is 0 Å². The van der Waals surface area contributed by atoms with E-state index < -0.39 is 11.5 Å². The SMILES string of the molecule is NC(=O)c1cc2c([nH]c1=O)CCCC2NC(=O)c1ccccc1Br. The van der Waals surface area contributed by atoms with Gasteiger partial charge in [0.15, 0.2) is 0 Å². The summed E-state index contributed by atoms with van der Waals surface area (Å²) in [5.41, 5.74) is 6.70. The number of fused-ring (bicyclic) bond motifs is 1. The van der Waals surface area contributed by atoms with E-state index in [1.165, 1.54) is 6.07 Å². The van der Waals surface area contributed by atoms with Crippen LogP contribution >= 0.6 is 15.9 Å². The van der Waals surface area contributed by atoms with Gasteiger partial charge in [-0.05, 0) is 59.0 Å². The summed E-state index contributed by atoms with van der Waals surface area (Å²) in [5, 5.41) is 2.97. The number of rotatable bonds is 3. The highest BCUT2D eigenvalue weighted by Crippen LogP contribution is 2.29. The van der Waals surface area contributed by atoms with E-state index in [9.17, 15) is 14.4 Å². The van der Waals surface area contributed by atoms with Gasteiger partial charge in [0.25, 0.3) is 17.4 Å². The lowest BCUT2D eigenvalue weighted by Crippen LogP contribution is -2.34. The van der Waals surface area contributed by atoms with Gasteiger partial charge in [-0.25, -0.2) is 0 Å². The maximum Gasteiger partial charge on any atom is 0.261 e. The molecule has 1 aliphatic carbocycles. The molecule has 0 radical (unpaired) electrons. The monoisotopic (exact) mass is 389 g/mol. The van der Waals surface area contributed by atoms with Crippen molar-refractivity contribution in [3.8, 4) is 0 Å². The molecule has 1 atom stereocenters. The van der Waals surface area contributed by atoms with Crippen molar-refractivity contribution in [3.05, 3.63) is 67.5 Å². The summed E-state index contributed by atoms with van der Waals surface area (Å²) in [4.78, 5) is 38.5. The number of benzene rings is 1. The van der Waals surface area contributed by atoms with Crippen molar-refractivity contribution < 1.29 is 9.59 Å². The van der Waals surface area contributed by atoms with Crippen molar-refractivity contribution in [1.82, 2.24) is 10.3 Å². The molecule has 0 saturated heterocycles. The average Bonchev–Trinajstić information content (AvgIpc) is 2.54. The average molecular weight is 390 g/mol. The Morgan fingerprint density at radius 1 is 1.25 bits per heavy atom. The van der Waals surface area contributed by atoms with Gasteiger partial charge < -0.3 is 16.0 Å². The Balaban J connectivity index is 1.93. The van der Waals surface area contributed by atoms with Crippen LogP contribution in [0.5, 0.6) is 0 Å². The molecule has 24 heavy (non-hydrogen) atoms. The molecular formula is C17H16BrN3O3. The van der Waals surface area contributed by atoms with E-state index in [1.807, 2.05) is 6.07 Å². The number of aromatic amines is 1. The second-order valence-electron chi connectivity index (χ2n) is 5.71. The van der Waals surface area contributed by atoms with Crippen molar-refractivity contribution in [2.75, 3.05) is 0 Å². The summed E-state index contributed by atoms with van der Waals surface area (Å²) in [6.07, 6.45) is 2.26.